The number of nitrogens with zero attached hydrogens (tertiary/aromatic N) is 3. The summed E-state index contributed by atoms with van der Waals surface area (Å²) in [6, 6.07) is 4.50. The second-order valence-electron chi connectivity index (χ2n) is 5.20. The summed E-state index contributed by atoms with van der Waals surface area (Å²) in [5, 5.41) is 0. The number of hydrogen-bond acceptors (Lipinski definition) is 4. The van der Waals surface area contributed by atoms with Crippen LogP contribution in [-0.4, -0.2) is 41.5 Å². The smallest absolute Gasteiger partial charge is 0.228 e. The third-order valence-electron chi connectivity index (χ3n) is 4.17. The van der Waals surface area contributed by atoms with Gasteiger partial charge in [0.1, 0.15) is 5.82 Å². The molecule has 5 nitrogen and oxygen atoms in total. The average molecular weight is 246 g/mol. The quantitative estimate of drug-likeness (QED) is 0.798. The van der Waals surface area contributed by atoms with Crippen molar-refractivity contribution >= 4 is 17.4 Å². The molecule has 0 spiro atoms. The normalized spacial score (nSPS) is 28.5. The summed E-state index contributed by atoms with van der Waals surface area (Å²) in [6.07, 6.45) is 4.61. The van der Waals surface area contributed by atoms with Crippen molar-refractivity contribution in [3.63, 3.8) is 0 Å². The number of likely N-dealkylation sites (N-methyl/N-ethyl adjacent to an activating group) is 1. The van der Waals surface area contributed by atoms with Crippen LogP contribution in [0.5, 0.6) is 0 Å². The molecule has 1 amide bonds. The van der Waals surface area contributed by atoms with Gasteiger partial charge in [-0.25, -0.2) is 4.98 Å². The molecule has 1 aromatic rings. The lowest BCUT2D eigenvalue weighted by atomic mass is 10.1. The fourth-order valence-electron chi connectivity index (χ4n) is 2.99. The second-order valence-corrected chi connectivity index (χ2v) is 5.20. The van der Waals surface area contributed by atoms with Gasteiger partial charge in [0.25, 0.3) is 0 Å². The van der Waals surface area contributed by atoms with Gasteiger partial charge in [-0.05, 0) is 32.0 Å². The predicted octanol–water partition coefficient (Wildman–Crippen LogP) is 0.863. The van der Waals surface area contributed by atoms with Gasteiger partial charge in [-0.1, -0.05) is 0 Å². The van der Waals surface area contributed by atoms with Crippen molar-refractivity contribution in [2.45, 2.75) is 31.3 Å². The Morgan fingerprint density at radius 1 is 1.33 bits per heavy atom. The molecule has 2 saturated heterocycles. The molecular weight excluding hydrogens is 228 g/mol. The highest BCUT2D eigenvalue weighted by Crippen LogP contribution is 2.31. The summed E-state index contributed by atoms with van der Waals surface area (Å²) < 4.78 is 0. The van der Waals surface area contributed by atoms with Crippen LogP contribution in [0.25, 0.3) is 0 Å². The molecule has 0 radical (unpaired) electrons. The first-order valence-corrected chi connectivity index (χ1v) is 6.39. The van der Waals surface area contributed by atoms with Gasteiger partial charge in [-0.15, -0.1) is 0 Å². The molecule has 0 unspecified atom stereocenters. The van der Waals surface area contributed by atoms with Crippen LogP contribution in [0.1, 0.15) is 19.3 Å². The Bertz CT molecular complexity index is 459. The Labute approximate surface area is 107 Å². The van der Waals surface area contributed by atoms with Crippen LogP contribution < -0.4 is 10.6 Å². The van der Waals surface area contributed by atoms with Crippen LogP contribution in [0.3, 0.4) is 0 Å². The maximum Gasteiger partial charge on any atom is 0.228 e. The van der Waals surface area contributed by atoms with E-state index in [4.69, 9.17) is 5.73 Å². The summed E-state index contributed by atoms with van der Waals surface area (Å²) >= 11 is 0. The van der Waals surface area contributed by atoms with Crippen molar-refractivity contribution in [1.29, 1.82) is 0 Å². The van der Waals surface area contributed by atoms with E-state index in [2.05, 4.69) is 16.9 Å². The fourth-order valence-corrected chi connectivity index (χ4v) is 2.99. The minimum atomic E-state index is 0.195. The molecule has 2 N–H and O–H groups in total. The average Bonchev–Trinajstić information content (AvgIpc) is 2.62. The molecule has 0 aromatic carbocycles. The fraction of sp³-hybridized carbons (Fsp3) is 0.538. The zero-order chi connectivity index (χ0) is 12.7. The van der Waals surface area contributed by atoms with Gasteiger partial charge < -0.3 is 10.6 Å². The van der Waals surface area contributed by atoms with E-state index in [9.17, 15) is 4.79 Å². The van der Waals surface area contributed by atoms with Crippen molar-refractivity contribution in [2.75, 3.05) is 24.2 Å². The Balaban J connectivity index is 1.88. The van der Waals surface area contributed by atoms with E-state index in [1.54, 1.807) is 12.3 Å². The number of fused-ring (bicyclic) bond motifs is 2. The molecule has 2 fully saturated rings. The highest BCUT2D eigenvalue weighted by atomic mass is 16.2. The van der Waals surface area contributed by atoms with Crippen LogP contribution in [0, 0.1) is 0 Å². The van der Waals surface area contributed by atoms with E-state index < -0.39 is 0 Å². The number of rotatable bonds is 1. The number of carbonyl (C=O) groups excluding carboxylic acids is 1. The first kappa shape index (κ1) is 11.5. The Morgan fingerprint density at radius 3 is 2.83 bits per heavy atom. The standard InChI is InChI=1S/C13H18N4O/c1-16-9-2-3-11(16)8-17(13(18)6-9)10-4-5-12(14)15-7-10/h4-5,7,9,11H,2-3,6,8H2,1H3,(H2,14,15)/t9-,11+/m0/s1. The number of carbonyl (C=O) groups is 1. The van der Waals surface area contributed by atoms with E-state index >= 15 is 0 Å². The number of anilines is 2. The lowest BCUT2D eigenvalue weighted by molar-refractivity contribution is -0.119. The lowest BCUT2D eigenvalue weighted by Crippen LogP contribution is -2.38. The maximum absolute atomic E-state index is 12.3. The zero-order valence-electron chi connectivity index (χ0n) is 10.5. The first-order chi connectivity index (χ1) is 8.65. The third-order valence-corrected chi connectivity index (χ3v) is 4.17. The highest BCUT2D eigenvalue weighted by molar-refractivity contribution is 5.94. The van der Waals surface area contributed by atoms with Crippen molar-refractivity contribution in [2.24, 2.45) is 0 Å². The molecule has 2 atom stereocenters. The molecule has 3 heterocycles. The number of pyridine rings is 1. The second kappa shape index (κ2) is 4.24. The largest absolute Gasteiger partial charge is 0.384 e. The van der Waals surface area contributed by atoms with Crippen LogP contribution in [0.2, 0.25) is 0 Å². The summed E-state index contributed by atoms with van der Waals surface area (Å²) in [4.78, 5) is 20.5. The highest BCUT2D eigenvalue weighted by Gasteiger charge is 2.38. The molecule has 3 rings (SSSR count). The molecule has 1 aromatic heterocycles. The lowest BCUT2D eigenvalue weighted by Gasteiger charge is -2.25. The molecular formula is C13H18N4O. The Kier molecular flexibility index (Phi) is 2.70. The summed E-state index contributed by atoms with van der Waals surface area (Å²) in [7, 11) is 2.13. The SMILES string of the molecule is CN1[C@@H]2CC[C@H]1CC(=O)N(c1ccc(N)nc1)C2. The number of aromatic nitrogens is 1. The predicted molar refractivity (Wildman–Crippen MR) is 70.2 cm³/mol. The molecule has 5 heteroatoms. The van der Waals surface area contributed by atoms with E-state index in [0.29, 0.717) is 24.3 Å². The molecule has 96 valence electrons. The number of nitrogen functional groups attached to an aromatic ring is 1. The van der Waals surface area contributed by atoms with E-state index in [1.807, 2.05) is 11.0 Å². The van der Waals surface area contributed by atoms with Crippen molar-refractivity contribution in [3.05, 3.63) is 18.3 Å². The summed E-state index contributed by atoms with van der Waals surface area (Å²) in [5.41, 5.74) is 6.44. The molecule has 2 aliphatic heterocycles. The van der Waals surface area contributed by atoms with E-state index in [-0.39, 0.29) is 5.91 Å². The molecule has 18 heavy (non-hydrogen) atoms. The van der Waals surface area contributed by atoms with Gasteiger partial charge in [0.05, 0.1) is 11.9 Å². The van der Waals surface area contributed by atoms with Crippen LogP contribution >= 0.6 is 0 Å². The minimum absolute atomic E-state index is 0.195. The van der Waals surface area contributed by atoms with E-state index in [1.165, 1.54) is 6.42 Å². The molecule has 2 aliphatic rings. The van der Waals surface area contributed by atoms with Crippen molar-refractivity contribution in [3.8, 4) is 0 Å². The van der Waals surface area contributed by atoms with Crippen LogP contribution in [0.15, 0.2) is 18.3 Å². The summed E-state index contributed by atoms with van der Waals surface area (Å²) in [5.74, 6) is 0.681. The topological polar surface area (TPSA) is 62.5 Å². The molecule has 0 aliphatic carbocycles. The van der Waals surface area contributed by atoms with Gasteiger partial charge >= 0.3 is 0 Å². The van der Waals surface area contributed by atoms with Gasteiger partial charge in [0, 0.05) is 25.0 Å². The van der Waals surface area contributed by atoms with Crippen LogP contribution in [0.4, 0.5) is 11.5 Å². The van der Waals surface area contributed by atoms with Crippen LogP contribution in [-0.2, 0) is 4.79 Å². The third kappa shape index (κ3) is 1.84. The zero-order valence-corrected chi connectivity index (χ0v) is 10.5. The van der Waals surface area contributed by atoms with Gasteiger partial charge in [-0.2, -0.15) is 0 Å². The van der Waals surface area contributed by atoms with E-state index in [0.717, 1.165) is 18.7 Å². The van der Waals surface area contributed by atoms with Crippen molar-refractivity contribution in [1.82, 2.24) is 9.88 Å². The Morgan fingerprint density at radius 2 is 2.11 bits per heavy atom. The Hall–Kier alpha value is -1.62. The van der Waals surface area contributed by atoms with Crippen molar-refractivity contribution < 1.29 is 4.79 Å². The number of amides is 1. The molecule has 2 bridgehead atoms. The minimum Gasteiger partial charge on any atom is -0.384 e. The first-order valence-electron chi connectivity index (χ1n) is 6.39. The molecule has 0 saturated carbocycles. The number of nitrogens with two attached hydrogens (primary N) is 1. The number of hydrogen-bond donors (Lipinski definition) is 1. The van der Waals surface area contributed by atoms with Gasteiger partial charge in [0.2, 0.25) is 5.91 Å². The maximum atomic E-state index is 12.3. The summed E-state index contributed by atoms with van der Waals surface area (Å²) in [6.45, 7) is 0.761. The van der Waals surface area contributed by atoms with Gasteiger partial charge in [0.15, 0.2) is 0 Å². The monoisotopic (exact) mass is 246 g/mol. The van der Waals surface area contributed by atoms with Gasteiger partial charge in [-0.3, -0.25) is 9.69 Å².